The molecule has 6 nitrogen and oxygen atoms in total. The monoisotopic (exact) mass is 374 g/mol. The molecule has 2 aromatic carbocycles. The van der Waals surface area contributed by atoms with Crippen molar-refractivity contribution in [3.63, 3.8) is 0 Å². The fraction of sp³-hybridized carbons (Fsp3) is 0.316. The summed E-state index contributed by atoms with van der Waals surface area (Å²) in [5.74, 6) is -1.16. The number of hydrogen-bond donors (Lipinski definition) is 3. The van der Waals surface area contributed by atoms with E-state index in [1.165, 1.54) is 12.1 Å². The number of carbonyl (C=O) groups is 1. The van der Waals surface area contributed by atoms with Crippen LogP contribution in [0.5, 0.6) is 0 Å². The third-order valence-corrected chi connectivity index (χ3v) is 5.98. The van der Waals surface area contributed by atoms with Gasteiger partial charge in [-0.25, -0.2) is 17.9 Å². The zero-order valence-electron chi connectivity index (χ0n) is 14.3. The van der Waals surface area contributed by atoms with Gasteiger partial charge >= 0.3 is 5.97 Å². The molecule has 0 saturated heterocycles. The Morgan fingerprint density at radius 2 is 1.77 bits per heavy atom. The van der Waals surface area contributed by atoms with Crippen LogP contribution >= 0.6 is 0 Å². The van der Waals surface area contributed by atoms with Crippen molar-refractivity contribution >= 4 is 21.7 Å². The zero-order chi connectivity index (χ0) is 18.6. The van der Waals surface area contributed by atoms with Gasteiger partial charge in [0.2, 0.25) is 10.0 Å². The standard InChI is InChI=1S/C19H22N2O4S/c22-19(23)15-10-11-17(21-16-8-4-5-9-16)18(12-15)26(24,25)20-13-14-6-2-1-3-7-14/h1-3,6-7,10-12,16,20-21H,4-5,8-9,13H2,(H,22,23). The van der Waals surface area contributed by atoms with Gasteiger partial charge in [-0.05, 0) is 36.6 Å². The average molecular weight is 374 g/mol. The Kier molecular flexibility index (Phi) is 5.58. The molecule has 0 aliphatic heterocycles. The minimum atomic E-state index is -3.86. The molecule has 0 spiro atoms. The predicted molar refractivity (Wildman–Crippen MR) is 99.7 cm³/mol. The van der Waals surface area contributed by atoms with Crippen LogP contribution in [-0.4, -0.2) is 25.5 Å². The van der Waals surface area contributed by atoms with Crippen molar-refractivity contribution in [1.82, 2.24) is 4.72 Å². The van der Waals surface area contributed by atoms with Crippen molar-refractivity contribution in [3.05, 3.63) is 59.7 Å². The summed E-state index contributed by atoms with van der Waals surface area (Å²) in [5.41, 5.74) is 1.22. The minimum absolute atomic E-state index is 0.0276. The Morgan fingerprint density at radius 1 is 1.08 bits per heavy atom. The molecule has 0 amide bonds. The summed E-state index contributed by atoms with van der Waals surface area (Å²) < 4.78 is 28.2. The molecule has 3 N–H and O–H groups in total. The van der Waals surface area contributed by atoms with E-state index in [0.717, 1.165) is 31.2 Å². The third kappa shape index (κ3) is 4.42. The number of rotatable bonds is 7. The summed E-state index contributed by atoms with van der Waals surface area (Å²) >= 11 is 0. The number of carboxylic acids is 1. The van der Waals surface area contributed by atoms with Crippen molar-refractivity contribution in [1.29, 1.82) is 0 Å². The Balaban J connectivity index is 1.88. The number of benzene rings is 2. The van der Waals surface area contributed by atoms with E-state index in [1.54, 1.807) is 6.07 Å². The van der Waals surface area contributed by atoms with Crippen LogP contribution in [0.3, 0.4) is 0 Å². The van der Waals surface area contributed by atoms with Crippen molar-refractivity contribution in [2.24, 2.45) is 0 Å². The number of anilines is 1. The fourth-order valence-corrected chi connectivity index (χ4v) is 4.35. The maximum absolute atomic E-state index is 12.8. The smallest absolute Gasteiger partial charge is 0.335 e. The first kappa shape index (κ1) is 18.4. The van der Waals surface area contributed by atoms with Gasteiger partial charge in [0.05, 0.1) is 11.3 Å². The fourth-order valence-electron chi connectivity index (χ4n) is 3.14. The Labute approximate surface area is 153 Å². The van der Waals surface area contributed by atoms with Gasteiger partial charge in [0.15, 0.2) is 0 Å². The average Bonchev–Trinajstić information content (AvgIpc) is 3.14. The van der Waals surface area contributed by atoms with E-state index in [4.69, 9.17) is 0 Å². The summed E-state index contributed by atoms with van der Waals surface area (Å²) in [5, 5.41) is 12.5. The lowest BCUT2D eigenvalue weighted by Crippen LogP contribution is -2.26. The van der Waals surface area contributed by atoms with Gasteiger partial charge in [-0.2, -0.15) is 0 Å². The Hall–Kier alpha value is -2.38. The molecule has 1 aliphatic carbocycles. The van der Waals surface area contributed by atoms with E-state index < -0.39 is 16.0 Å². The SMILES string of the molecule is O=C(O)c1ccc(NC2CCCC2)c(S(=O)(=O)NCc2ccccc2)c1. The lowest BCUT2D eigenvalue weighted by molar-refractivity contribution is 0.0696. The second kappa shape index (κ2) is 7.88. The molecular formula is C19H22N2O4S. The highest BCUT2D eigenvalue weighted by atomic mass is 32.2. The Bertz CT molecular complexity index is 876. The molecule has 0 radical (unpaired) electrons. The molecule has 7 heteroatoms. The molecule has 0 aromatic heterocycles. The topological polar surface area (TPSA) is 95.5 Å². The zero-order valence-corrected chi connectivity index (χ0v) is 15.1. The highest BCUT2D eigenvalue weighted by Crippen LogP contribution is 2.28. The summed E-state index contributed by atoms with van der Waals surface area (Å²) in [7, 11) is -3.86. The van der Waals surface area contributed by atoms with Crippen LogP contribution in [0.25, 0.3) is 0 Å². The molecule has 3 rings (SSSR count). The second-order valence-electron chi connectivity index (χ2n) is 6.45. The van der Waals surface area contributed by atoms with Crippen LogP contribution < -0.4 is 10.0 Å². The van der Waals surface area contributed by atoms with Crippen LogP contribution in [0.1, 0.15) is 41.6 Å². The van der Waals surface area contributed by atoms with E-state index in [2.05, 4.69) is 10.0 Å². The number of sulfonamides is 1. The van der Waals surface area contributed by atoms with Crippen molar-refractivity contribution in [2.75, 3.05) is 5.32 Å². The summed E-state index contributed by atoms with van der Waals surface area (Å²) in [4.78, 5) is 11.3. The highest BCUT2D eigenvalue weighted by Gasteiger charge is 2.23. The lowest BCUT2D eigenvalue weighted by Gasteiger charge is -2.18. The molecule has 0 unspecified atom stereocenters. The van der Waals surface area contributed by atoms with Gasteiger partial charge in [-0.15, -0.1) is 0 Å². The number of aromatic carboxylic acids is 1. The van der Waals surface area contributed by atoms with Crippen molar-refractivity contribution in [2.45, 2.75) is 43.2 Å². The summed E-state index contributed by atoms with van der Waals surface area (Å²) in [6, 6.07) is 13.6. The van der Waals surface area contributed by atoms with E-state index in [1.807, 2.05) is 30.3 Å². The quantitative estimate of drug-likeness (QED) is 0.692. The normalized spacial score (nSPS) is 15.1. The molecule has 0 bridgehead atoms. The van der Waals surface area contributed by atoms with Gasteiger partial charge in [0, 0.05) is 12.6 Å². The first-order valence-corrected chi connectivity index (χ1v) is 10.1. The molecule has 2 aromatic rings. The molecule has 26 heavy (non-hydrogen) atoms. The highest BCUT2D eigenvalue weighted by molar-refractivity contribution is 7.89. The first-order valence-electron chi connectivity index (χ1n) is 8.63. The molecule has 0 atom stereocenters. The van der Waals surface area contributed by atoms with Gasteiger partial charge in [-0.3, -0.25) is 0 Å². The second-order valence-corrected chi connectivity index (χ2v) is 8.19. The molecule has 1 fully saturated rings. The van der Waals surface area contributed by atoms with Crippen LogP contribution in [0.2, 0.25) is 0 Å². The van der Waals surface area contributed by atoms with Gasteiger partial charge in [0.25, 0.3) is 0 Å². The largest absolute Gasteiger partial charge is 0.478 e. The van der Waals surface area contributed by atoms with Gasteiger partial charge in [-0.1, -0.05) is 43.2 Å². The van der Waals surface area contributed by atoms with Crippen LogP contribution in [-0.2, 0) is 16.6 Å². The predicted octanol–water partition coefficient (Wildman–Crippen LogP) is 3.22. The molecule has 138 valence electrons. The minimum Gasteiger partial charge on any atom is -0.478 e. The number of nitrogens with one attached hydrogen (secondary N) is 2. The van der Waals surface area contributed by atoms with E-state index in [-0.39, 0.29) is 23.0 Å². The molecule has 1 aliphatic rings. The van der Waals surface area contributed by atoms with Gasteiger partial charge in [0.1, 0.15) is 4.90 Å². The van der Waals surface area contributed by atoms with E-state index in [9.17, 15) is 18.3 Å². The number of carboxylic acid groups (broad SMARTS) is 1. The Morgan fingerprint density at radius 3 is 2.42 bits per heavy atom. The van der Waals surface area contributed by atoms with Crippen molar-refractivity contribution < 1.29 is 18.3 Å². The van der Waals surface area contributed by atoms with Crippen LogP contribution in [0, 0.1) is 0 Å². The summed E-state index contributed by atoms with van der Waals surface area (Å²) in [6.07, 6.45) is 4.19. The van der Waals surface area contributed by atoms with E-state index in [0.29, 0.717) is 5.69 Å². The number of hydrogen-bond acceptors (Lipinski definition) is 4. The molecular weight excluding hydrogens is 352 g/mol. The lowest BCUT2D eigenvalue weighted by atomic mass is 10.2. The molecule has 1 saturated carbocycles. The maximum Gasteiger partial charge on any atom is 0.335 e. The first-order chi connectivity index (χ1) is 12.5. The van der Waals surface area contributed by atoms with Gasteiger partial charge < -0.3 is 10.4 Å². The van der Waals surface area contributed by atoms with Crippen molar-refractivity contribution in [3.8, 4) is 0 Å². The van der Waals surface area contributed by atoms with E-state index >= 15 is 0 Å². The third-order valence-electron chi connectivity index (χ3n) is 4.54. The molecule has 0 heterocycles. The summed E-state index contributed by atoms with van der Waals surface area (Å²) in [6.45, 7) is 0.142. The van der Waals surface area contributed by atoms with Crippen LogP contribution in [0.4, 0.5) is 5.69 Å². The maximum atomic E-state index is 12.8. The van der Waals surface area contributed by atoms with Crippen LogP contribution in [0.15, 0.2) is 53.4 Å².